The standard InChI is InChI=1S/C24H25N5O2/c1-29(2)11-12-31-22-9-5-18(6-10-22)23(17-3-7-21(30)8-4-17)24(19-13-25-26-14-19)20-15-27-28-16-20/h3-10,13-16,30H,11-12H2,1-2H3,(H,25,26)(H,27,28). The number of nitrogens with zero attached hydrogens (tertiary/aromatic N) is 3. The lowest BCUT2D eigenvalue weighted by Gasteiger charge is -2.16. The van der Waals surface area contributed by atoms with Crippen LogP contribution in [0.1, 0.15) is 22.3 Å². The topological polar surface area (TPSA) is 90.1 Å². The van der Waals surface area contributed by atoms with Crippen molar-refractivity contribution in [2.24, 2.45) is 0 Å². The minimum Gasteiger partial charge on any atom is -0.508 e. The summed E-state index contributed by atoms with van der Waals surface area (Å²) in [7, 11) is 4.04. The van der Waals surface area contributed by atoms with Crippen LogP contribution >= 0.6 is 0 Å². The van der Waals surface area contributed by atoms with E-state index in [-0.39, 0.29) is 5.75 Å². The summed E-state index contributed by atoms with van der Waals surface area (Å²) in [6, 6.07) is 15.3. The monoisotopic (exact) mass is 415 g/mol. The minimum absolute atomic E-state index is 0.223. The van der Waals surface area contributed by atoms with Gasteiger partial charge in [0.1, 0.15) is 18.1 Å². The maximum Gasteiger partial charge on any atom is 0.119 e. The molecule has 0 radical (unpaired) electrons. The van der Waals surface area contributed by atoms with Crippen molar-refractivity contribution in [2.45, 2.75) is 0 Å². The number of phenolic OH excluding ortho intramolecular Hbond substituents is 1. The third-order valence-corrected chi connectivity index (χ3v) is 4.93. The molecule has 0 atom stereocenters. The van der Waals surface area contributed by atoms with Crippen LogP contribution < -0.4 is 4.74 Å². The number of hydrogen-bond donors (Lipinski definition) is 3. The van der Waals surface area contributed by atoms with Gasteiger partial charge in [0, 0.05) is 35.6 Å². The summed E-state index contributed by atoms with van der Waals surface area (Å²) in [5, 5.41) is 23.9. The fourth-order valence-electron chi connectivity index (χ4n) is 3.38. The number of ether oxygens (including phenoxy) is 1. The molecule has 0 aliphatic carbocycles. The van der Waals surface area contributed by atoms with Gasteiger partial charge in [-0.3, -0.25) is 10.2 Å². The van der Waals surface area contributed by atoms with Gasteiger partial charge < -0.3 is 14.7 Å². The Morgan fingerprint density at radius 2 is 1.32 bits per heavy atom. The summed E-state index contributed by atoms with van der Waals surface area (Å²) in [6.07, 6.45) is 7.31. The molecule has 0 spiro atoms. The molecule has 4 rings (SSSR count). The largest absolute Gasteiger partial charge is 0.508 e. The molecule has 0 fully saturated rings. The van der Waals surface area contributed by atoms with E-state index in [0.29, 0.717) is 6.61 Å². The Morgan fingerprint density at radius 3 is 1.81 bits per heavy atom. The van der Waals surface area contributed by atoms with E-state index in [2.05, 4.69) is 25.3 Å². The van der Waals surface area contributed by atoms with Crippen LogP contribution in [0.2, 0.25) is 0 Å². The van der Waals surface area contributed by atoms with E-state index in [9.17, 15) is 5.11 Å². The molecule has 4 aromatic rings. The van der Waals surface area contributed by atoms with Crippen molar-refractivity contribution >= 4 is 11.1 Å². The molecule has 0 aliphatic rings. The highest BCUT2D eigenvalue weighted by atomic mass is 16.5. The Morgan fingerprint density at radius 1 is 0.806 bits per heavy atom. The number of aromatic hydroxyl groups is 1. The lowest BCUT2D eigenvalue weighted by atomic mass is 9.88. The normalized spacial score (nSPS) is 10.9. The second kappa shape index (κ2) is 9.32. The highest BCUT2D eigenvalue weighted by Crippen LogP contribution is 2.37. The summed E-state index contributed by atoms with van der Waals surface area (Å²) in [5.74, 6) is 1.05. The third-order valence-electron chi connectivity index (χ3n) is 4.93. The summed E-state index contributed by atoms with van der Waals surface area (Å²) in [6.45, 7) is 1.48. The first kappa shape index (κ1) is 20.4. The van der Waals surface area contributed by atoms with E-state index in [1.54, 1.807) is 24.5 Å². The number of aromatic nitrogens is 4. The van der Waals surface area contributed by atoms with Crippen molar-refractivity contribution in [3.63, 3.8) is 0 Å². The molecule has 2 heterocycles. The van der Waals surface area contributed by atoms with Crippen LogP contribution in [0.15, 0.2) is 73.3 Å². The number of benzene rings is 2. The van der Waals surface area contributed by atoms with Gasteiger partial charge in [0.05, 0.1) is 12.4 Å². The number of likely N-dealkylation sites (N-methyl/N-ethyl adjacent to an activating group) is 1. The lowest BCUT2D eigenvalue weighted by Crippen LogP contribution is -2.19. The Labute approximate surface area is 181 Å². The van der Waals surface area contributed by atoms with Crippen LogP contribution in [0.25, 0.3) is 11.1 Å². The SMILES string of the molecule is CN(C)CCOc1ccc(C(=C(c2cn[nH]c2)c2cn[nH]c2)c2ccc(O)cc2)cc1. The average Bonchev–Trinajstić information content (AvgIpc) is 3.48. The number of phenols is 1. The highest BCUT2D eigenvalue weighted by Gasteiger charge is 2.18. The first-order chi connectivity index (χ1) is 15.1. The zero-order chi connectivity index (χ0) is 21.6. The molecular formula is C24H25N5O2. The molecule has 7 heteroatoms. The Bertz CT molecular complexity index is 1080. The van der Waals surface area contributed by atoms with Gasteiger partial charge in [-0.2, -0.15) is 10.2 Å². The lowest BCUT2D eigenvalue weighted by molar-refractivity contribution is 0.261. The van der Waals surface area contributed by atoms with E-state index in [1.807, 2.05) is 62.9 Å². The van der Waals surface area contributed by atoms with Crippen LogP contribution in [-0.4, -0.2) is 57.6 Å². The van der Waals surface area contributed by atoms with Gasteiger partial charge in [0.15, 0.2) is 0 Å². The van der Waals surface area contributed by atoms with Crippen molar-refractivity contribution in [2.75, 3.05) is 27.2 Å². The molecule has 0 aliphatic heterocycles. The van der Waals surface area contributed by atoms with Gasteiger partial charge >= 0.3 is 0 Å². The Balaban J connectivity index is 1.82. The van der Waals surface area contributed by atoms with Gasteiger partial charge in [0.2, 0.25) is 0 Å². The van der Waals surface area contributed by atoms with E-state index in [0.717, 1.165) is 45.7 Å². The van der Waals surface area contributed by atoms with Crippen LogP contribution in [0.5, 0.6) is 11.5 Å². The predicted molar refractivity (Wildman–Crippen MR) is 121 cm³/mol. The smallest absolute Gasteiger partial charge is 0.119 e. The zero-order valence-corrected chi connectivity index (χ0v) is 17.5. The highest BCUT2D eigenvalue weighted by molar-refractivity contribution is 6.04. The second-order valence-corrected chi connectivity index (χ2v) is 7.45. The number of nitrogens with one attached hydrogen (secondary N) is 2. The number of rotatable bonds is 8. The summed E-state index contributed by atoms with van der Waals surface area (Å²) >= 11 is 0. The van der Waals surface area contributed by atoms with Crippen LogP contribution in [0, 0.1) is 0 Å². The third kappa shape index (κ3) is 4.84. The van der Waals surface area contributed by atoms with Crippen LogP contribution in [-0.2, 0) is 0 Å². The van der Waals surface area contributed by atoms with Gasteiger partial charge in [-0.05, 0) is 55.1 Å². The zero-order valence-electron chi connectivity index (χ0n) is 17.5. The first-order valence-corrected chi connectivity index (χ1v) is 10.0. The number of hydrogen-bond acceptors (Lipinski definition) is 5. The van der Waals surface area contributed by atoms with Gasteiger partial charge in [-0.15, -0.1) is 0 Å². The quantitative estimate of drug-likeness (QED) is 0.407. The van der Waals surface area contributed by atoms with Gasteiger partial charge in [-0.25, -0.2) is 0 Å². The van der Waals surface area contributed by atoms with E-state index in [1.165, 1.54) is 0 Å². The van der Waals surface area contributed by atoms with Crippen LogP contribution in [0.3, 0.4) is 0 Å². The molecule has 0 bridgehead atoms. The van der Waals surface area contributed by atoms with Gasteiger partial charge in [0.25, 0.3) is 0 Å². The van der Waals surface area contributed by atoms with Crippen molar-refractivity contribution in [3.8, 4) is 11.5 Å². The molecule has 0 amide bonds. The molecular weight excluding hydrogens is 390 g/mol. The molecule has 0 saturated heterocycles. The predicted octanol–water partition coefficient (Wildman–Crippen LogP) is 3.79. The van der Waals surface area contributed by atoms with E-state index >= 15 is 0 Å². The maximum absolute atomic E-state index is 9.81. The van der Waals surface area contributed by atoms with Crippen LogP contribution in [0.4, 0.5) is 0 Å². The fraction of sp³-hybridized carbons (Fsp3) is 0.167. The van der Waals surface area contributed by atoms with E-state index < -0.39 is 0 Å². The van der Waals surface area contributed by atoms with Gasteiger partial charge in [-0.1, -0.05) is 24.3 Å². The molecule has 2 aromatic heterocycles. The molecule has 0 saturated carbocycles. The molecule has 158 valence electrons. The molecule has 7 nitrogen and oxygen atoms in total. The molecule has 3 N–H and O–H groups in total. The average molecular weight is 415 g/mol. The van der Waals surface area contributed by atoms with Crippen molar-refractivity contribution in [1.82, 2.24) is 25.3 Å². The first-order valence-electron chi connectivity index (χ1n) is 10.0. The Hall–Kier alpha value is -3.84. The van der Waals surface area contributed by atoms with Crippen molar-refractivity contribution in [1.29, 1.82) is 0 Å². The summed E-state index contributed by atoms with van der Waals surface area (Å²) in [4.78, 5) is 2.09. The fourth-order valence-corrected chi connectivity index (χ4v) is 3.38. The van der Waals surface area contributed by atoms with Crippen molar-refractivity contribution < 1.29 is 9.84 Å². The molecule has 31 heavy (non-hydrogen) atoms. The number of H-pyrrole nitrogens is 2. The summed E-state index contributed by atoms with van der Waals surface area (Å²) < 4.78 is 5.86. The summed E-state index contributed by atoms with van der Waals surface area (Å²) in [5.41, 5.74) is 5.85. The maximum atomic E-state index is 9.81. The second-order valence-electron chi connectivity index (χ2n) is 7.45. The molecule has 0 unspecified atom stereocenters. The minimum atomic E-state index is 0.223. The Kier molecular flexibility index (Phi) is 6.14. The number of aromatic amines is 2. The van der Waals surface area contributed by atoms with Crippen molar-refractivity contribution in [3.05, 3.63) is 95.6 Å². The van der Waals surface area contributed by atoms with E-state index in [4.69, 9.17) is 4.74 Å². The molecule has 2 aromatic carbocycles.